The lowest BCUT2D eigenvalue weighted by Crippen LogP contribution is -2.37. The molecule has 1 aliphatic rings. The molecule has 1 aliphatic carbocycles. The molecule has 176 valence electrons. The first-order valence-corrected chi connectivity index (χ1v) is 13.2. The average molecular weight is 474 g/mol. The van der Waals surface area contributed by atoms with E-state index in [9.17, 15) is 4.79 Å². The van der Waals surface area contributed by atoms with Crippen LogP contribution in [0.2, 0.25) is 0 Å². The Morgan fingerprint density at radius 2 is 1.53 bits per heavy atom. The smallest absolute Gasteiger partial charge is 0.345 e. The van der Waals surface area contributed by atoms with E-state index in [1.807, 2.05) is 44.2 Å². The van der Waals surface area contributed by atoms with Gasteiger partial charge in [0.25, 0.3) is 0 Å². The van der Waals surface area contributed by atoms with Gasteiger partial charge in [-0.3, -0.25) is 0 Å². The van der Waals surface area contributed by atoms with Crippen LogP contribution in [-0.4, -0.2) is 18.2 Å². The lowest BCUT2D eigenvalue weighted by molar-refractivity contribution is -0.159. The zero-order valence-electron chi connectivity index (χ0n) is 20.6. The Hall–Kier alpha value is -3.03. The van der Waals surface area contributed by atoms with Crippen LogP contribution in [0.3, 0.4) is 0 Å². The number of carbonyl (C=O) groups is 1. The van der Waals surface area contributed by atoms with Crippen molar-refractivity contribution in [2.24, 2.45) is 0 Å². The fourth-order valence-corrected chi connectivity index (χ4v) is 6.96. The third-order valence-electron chi connectivity index (χ3n) is 6.38. The van der Waals surface area contributed by atoms with Gasteiger partial charge < -0.3 is 9.47 Å². The summed E-state index contributed by atoms with van der Waals surface area (Å²) >= 11 is 0. The van der Waals surface area contributed by atoms with Crippen LogP contribution < -0.4 is 4.74 Å². The van der Waals surface area contributed by atoms with Gasteiger partial charge in [0.15, 0.2) is 26.9 Å². The van der Waals surface area contributed by atoms with E-state index >= 15 is 0 Å². The fourth-order valence-electron chi connectivity index (χ4n) is 4.71. The summed E-state index contributed by atoms with van der Waals surface area (Å²) in [5.41, 5.74) is 2.29. The van der Waals surface area contributed by atoms with Crippen molar-refractivity contribution in [1.82, 2.24) is 0 Å². The molecule has 0 atom stereocenters. The summed E-state index contributed by atoms with van der Waals surface area (Å²) in [5, 5.41) is 0. The van der Waals surface area contributed by atoms with Crippen molar-refractivity contribution in [3.8, 4) is 22.5 Å². The van der Waals surface area contributed by atoms with Gasteiger partial charge in [0.2, 0.25) is 0 Å². The Morgan fingerprint density at radius 1 is 0.912 bits per heavy atom. The third-order valence-corrected chi connectivity index (χ3v) is 8.65. The van der Waals surface area contributed by atoms with Crippen molar-refractivity contribution in [1.29, 1.82) is 0 Å². The van der Waals surface area contributed by atoms with Crippen LogP contribution in [0.25, 0.3) is 4.90 Å². The van der Waals surface area contributed by atoms with E-state index in [-0.39, 0.29) is 23.0 Å². The summed E-state index contributed by atoms with van der Waals surface area (Å²) in [7, 11) is 0.00916. The summed E-state index contributed by atoms with van der Waals surface area (Å²) in [6, 6.07) is 18.6. The summed E-state index contributed by atoms with van der Waals surface area (Å²) < 4.78 is 12.0. The van der Waals surface area contributed by atoms with Gasteiger partial charge in [0.1, 0.15) is 5.75 Å². The highest BCUT2D eigenvalue weighted by Gasteiger charge is 2.34. The SMILES string of the molecule is Cc1cc(-[s+]2c(C)ccc2C)cc(C)c1OCC(=O)OC1(C#Cc2ccccc2)CCCCC1. The second-order valence-corrected chi connectivity index (χ2v) is 11.6. The first kappa shape index (κ1) is 24.1. The molecular formula is C30H33O3S+. The molecule has 1 fully saturated rings. The molecule has 0 aliphatic heterocycles. The van der Waals surface area contributed by atoms with Crippen LogP contribution in [0.1, 0.15) is 58.5 Å². The number of thiophene rings is 1. The maximum Gasteiger partial charge on any atom is 0.345 e. The normalized spacial score (nSPS) is 14.7. The quantitative estimate of drug-likeness (QED) is 0.221. The molecule has 1 aromatic heterocycles. The summed E-state index contributed by atoms with van der Waals surface area (Å²) in [5.74, 6) is 6.91. The molecule has 0 saturated heterocycles. The van der Waals surface area contributed by atoms with Crippen LogP contribution >= 0.6 is 10.5 Å². The summed E-state index contributed by atoms with van der Waals surface area (Å²) in [6.45, 7) is 8.34. The number of aryl methyl sites for hydroxylation is 4. The molecule has 3 nitrogen and oxygen atoms in total. The standard InChI is InChI=1S/C30H33O3S/c1-22-19-27(34-24(3)13-14-25(34)4)20-23(2)29(22)32-21-28(31)33-30(16-9-6-10-17-30)18-15-26-11-7-5-8-12-26/h5,7-8,11-14,19-20H,6,9-10,16-17,21H2,1-4H3/q+1. The van der Waals surface area contributed by atoms with Crippen LogP contribution in [0, 0.1) is 39.5 Å². The predicted molar refractivity (Wildman–Crippen MR) is 140 cm³/mol. The van der Waals surface area contributed by atoms with Crippen molar-refractivity contribution in [2.45, 2.75) is 65.4 Å². The van der Waals surface area contributed by atoms with Gasteiger partial charge in [0, 0.05) is 42.0 Å². The van der Waals surface area contributed by atoms with E-state index in [4.69, 9.17) is 9.47 Å². The zero-order chi connectivity index (χ0) is 24.1. The van der Waals surface area contributed by atoms with Crippen molar-refractivity contribution >= 4 is 16.4 Å². The number of hydrogen-bond acceptors (Lipinski definition) is 3. The molecule has 4 heteroatoms. The number of carbonyl (C=O) groups excluding carboxylic acids is 1. The van der Waals surface area contributed by atoms with Crippen LogP contribution in [0.15, 0.2) is 54.6 Å². The average Bonchev–Trinajstić information content (AvgIpc) is 3.16. The van der Waals surface area contributed by atoms with Crippen molar-refractivity contribution in [3.05, 3.63) is 81.0 Å². The Kier molecular flexibility index (Phi) is 7.44. The molecule has 0 bridgehead atoms. The van der Waals surface area contributed by atoms with Crippen LogP contribution in [0.5, 0.6) is 5.75 Å². The molecule has 34 heavy (non-hydrogen) atoms. The highest BCUT2D eigenvalue weighted by Crippen LogP contribution is 2.41. The minimum absolute atomic E-state index is 0.00916. The molecule has 0 radical (unpaired) electrons. The van der Waals surface area contributed by atoms with Gasteiger partial charge in [-0.1, -0.05) is 30.5 Å². The van der Waals surface area contributed by atoms with E-state index in [0.29, 0.717) is 0 Å². The predicted octanol–water partition coefficient (Wildman–Crippen LogP) is 7.34. The number of benzene rings is 2. The first-order valence-electron chi connectivity index (χ1n) is 12.0. The highest BCUT2D eigenvalue weighted by molar-refractivity contribution is 7.39. The number of esters is 1. The molecule has 0 unspecified atom stereocenters. The number of rotatable bonds is 5. The monoisotopic (exact) mass is 473 g/mol. The lowest BCUT2D eigenvalue weighted by Gasteiger charge is -2.32. The molecule has 0 spiro atoms. The summed E-state index contributed by atoms with van der Waals surface area (Å²) in [4.78, 5) is 16.9. The Balaban J connectivity index is 1.47. The van der Waals surface area contributed by atoms with Gasteiger partial charge in [-0.05, 0) is 80.8 Å². The van der Waals surface area contributed by atoms with Gasteiger partial charge in [-0.25, -0.2) is 4.79 Å². The second kappa shape index (κ2) is 10.5. The molecule has 1 saturated carbocycles. The van der Waals surface area contributed by atoms with Crippen LogP contribution in [-0.2, 0) is 9.53 Å². The number of hydrogen-bond donors (Lipinski definition) is 0. The minimum Gasteiger partial charge on any atom is -0.481 e. The van der Waals surface area contributed by atoms with Crippen LogP contribution in [0.4, 0.5) is 0 Å². The molecule has 0 amide bonds. The second-order valence-electron chi connectivity index (χ2n) is 9.18. The van der Waals surface area contributed by atoms with E-state index < -0.39 is 5.60 Å². The maximum absolute atomic E-state index is 12.9. The van der Waals surface area contributed by atoms with Crippen molar-refractivity contribution in [3.63, 3.8) is 0 Å². The molecule has 2 aromatic carbocycles. The van der Waals surface area contributed by atoms with Gasteiger partial charge in [0.05, 0.1) is 0 Å². The molecular weight excluding hydrogens is 440 g/mol. The fraction of sp³-hybridized carbons (Fsp3) is 0.367. The van der Waals surface area contributed by atoms with E-state index in [1.54, 1.807) is 0 Å². The molecule has 4 rings (SSSR count). The summed E-state index contributed by atoms with van der Waals surface area (Å²) in [6.07, 6.45) is 4.72. The van der Waals surface area contributed by atoms with Crippen molar-refractivity contribution < 1.29 is 14.3 Å². The third kappa shape index (κ3) is 5.54. The van der Waals surface area contributed by atoms with Gasteiger partial charge >= 0.3 is 5.97 Å². The van der Waals surface area contributed by atoms with Gasteiger partial charge in [-0.15, -0.1) is 0 Å². The first-order chi connectivity index (χ1) is 16.4. The Morgan fingerprint density at radius 3 is 2.15 bits per heavy atom. The molecule has 0 N–H and O–H groups in total. The molecule has 3 aromatic rings. The topological polar surface area (TPSA) is 35.5 Å². The molecule has 1 heterocycles. The minimum atomic E-state index is -0.722. The van der Waals surface area contributed by atoms with Gasteiger partial charge in [-0.2, -0.15) is 0 Å². The van der Waals surface area contributed by atoms with E-state index in [0.717, 1.165) is 54.5 Å². The number of ether oxygens (including phenoxy) is 2. The van der Waals surface area contributed by atoms with E-state index in [1.165, 1.54) is 14.6 Å². The highest BCUT2D eigenvalue weighted by atomic mass is 32.2. The van der Waals surface area contributed by atoms with E-state index in [2.05, 4.69) is 50.0 Å². The Labute approximate surface area is 206 Å². The maximum atomic E-state index is 12.9. The Bertz CT molecular complexity index is 1180. The zero-order valence-corrected chi connectivity index (χ0v) is 21.4. The lowest BCUT2D eigenvalue weighted by atomic mass is 9.85. The van der Waals surface area contributed by atoms with Crippen molar-refractivity contribution in [2.75, 3.05) is 6.61 Å². The largest absolute Gasteiger partial charge is 0.481 e.